The maximum absolute atomic E-state index is 2.40. The van der Waals surface area contributed by atoms with Gasteiger partial charge in [-0.25, -0.2) is 0 Å². The van der Waals surface area contributed by atoms with Crippen molar-refractivity contribution in [2.45, 2.75) is 87.8 Å². The van der Waals surface area contributed by atoms with Crippen molar-refractivity contribution in [3.05, 3.63) is 59.7 Å². The van der Waals surface area contributed by atoms with Gasteiger partial charge in [-0.1, -0.05) is 89.7 Å². The fourth-order valence-corrected chi connectivity index (χ4v) is 4.87. The van der Waals surface area contributed by atoms with Crippen molar-refractivity contribution in [1.82, 2.24) is 0 Å². The lowest BCUT2D eigenvalue weighted by atomic mass is 9.78. The Morgan fingerprint density at radius 3 is 1.24 bits per heavy atom. The van der Waals surface area contributed by atoms with E-state index in [0.29, 0.717) is 0 Å². The lowest BCUT2D eigenvalue weighted by Gasteiger charge is -2.32. The molecule has 0 bridgehead atoms. The van der Waals surface area contributed by atoms with Gasteiger partial charge in [0.15, 0.2) is 0 Å². The van der Waals surface area contributed by atoms with Gasteiger partial charge in [0.2, 0.25) is 0 Å². The van der Waals surface area contributed by atoms with Gasteiger partial charge in [0.1, 0.15) is 0 Å². The van der Waals surface area contributed by atoms with Crippen LogP contribution in [-0.2, 0) is 10.8 Å². The lowest BCUT2D eigenvalue weighted by molar-refractivity contribution is 0.429. The molecule has 0 amide bonds. The molecular weight excluding hydrogens is 320 g/mol. The van der Waals surface area contributed by atoms with Crippen LogP contribution in [0.3, 0.4) is 0 Å². The van der Waals surface area contributed by atoms with Crippen LogP contribution in [0, 0.1) is 0 Å². The quantitative estimate of drug-likeness (QED) is 0.463. The predicted molar refractivity (Wildman–Crippen MR) is 113 cm³/mol. The van der Waals surface area contributed by atoms with Gasteiger partial charge in [-0.15, -0.1) is 0 Å². The van der Waals surface area contributed by atoms with Crippen LogP contribution >= 0.6 is 11.8 Å². The Balaban J connectivity index is 2.50. The summed E-state index contributed by atoms with van der Waals surface area (Å²) in [6.07, 6.45) is 4.68. The van der Waals surface area contributed by atoms with Gasteiger partial charge < -0.3 is 0 Å². The first-order valence-electron chi connectivity index (χ1n) is 9.81. The van der Waals surface area contributed by atoms with E-state index in [4.69, 9.17) is 0 Å². The smallest absolute Gasteiger partial charge is 0.0160 e. The second-order valence-corrected chi connectivity index (χ2v) is 8.71. The molecule has 25 heavy (non-hydrogen) atoms. The minimum atomic E-state index is 0.247. The molecule has 0 aliphatic carbocycles. The molecule has 136 valence electrons. The molecule has 2 aromatic rings. The third kappa shape index (κ3) is 4.14. The van der Waals surface area contributed by atoms with Gasteiger partial charge in [-0.05, 0) is 59.8 Å². The van der Waals surface area contributed by atoms with Gasteiger partial charge in [0.05, 0.1) is 0 Å². The van der Waals surface area contributed by atoms with Crippen molar-refractivity contribution in [2.24, 2.45) is 0 Å². The molecule has 0 aliphatic heterocycles. The molecule has 2 rings (SSSR count). The minimum Gasteiger partial charge on any atom is -0.0895 e. The van der Waals surface area contributed by atoms with E-state index in [1.807, 2.05) is 11.8 Å². The maximum Gasteiger partial charge on any atom is 0.0160 e. The fraction of sp³-hybridized carbons (Fsp3) is 0.500. The van der Waals surface area contributed by atoms with Crippen molar-refractivity contribution in [3.8, 4) is 0 Å². The van der Waals surface area contributed by atoms with Gasteiger partial charge in [0.25, 0.3) is 0 Å². The summed E-state index contributed by atoms with van der Waals surface area (Å²) in [5, 5.41) is 0. The highest BCUT2D eigenvalue weighted by Gasteiger charge is 2.28. The van der Waals surface area contributed by atoms with Crippen molar-refractivity contribution in [2.75, 3.05) is 0 Å². The predicted octanol–water partition coefficient (Wildman–Crippen LogP) is 7.99. The Bertz CT molecular complexity index is 618. The van der Waals surface area contributed by atoms with Crippen molar-refractivity contribution in [3.63, 3.8) is 0 Å². The normalized spacial score (nSPS) is 12.4. The molecular formula is C24H34S. The molecule has 0 saturated carbocycles. The van der Waals surface area contributed by atoms with Crippen molar-refractivity contribution >= 4 is 11.8 Å². The first kappa shape index (κ1) is 20.1. The molecule has 2 aromatic carbocycles. The van der Waals surface area contributed by atoms with Crippen LogP contribution in [0.4, 0.5) is 0 Å². The number of hydrogen-bond acceptors (Lipinski definition) is 1. The zero-order chi connectivity index (χ0) is 18.5. The Hall–Kier alpha value is -1.21. The average molecular weight is 355 g/mol. The maximum atomic E-state index is 2.40. The lowest BCUT2D eigenvalue weighted by Crippen LogP contribution is -2.21. The highest BCUT2D eigenvalue weighted by molar-refractivity contribution is 7.99. The van der Waals surface area contributed by atoms with E-state index in [-0.39, 0.29) is 10.8 Å². The van der Waals surface area contributed by atoms with Gasteiger partial charge >= 0.3 is 0 Å². The summed E-state index contributed by atoms with van der Waals surface area (Å²) in [6.45, 7) is 14.0. The van der Waals surface area contributed by atoms with Crippen LogP contribution in [0.25, 0.3) is 0 Å². The number of benzene rings is 2. The molecule has 0 N–H and O–H groups in total. The van der Waals surface area contributed by atoms with E-state index in [1.165, 1.54) is 46.6 Å². The largest absolute Gasteiger partial charge is 0.0895 e. The summed E-state index contributed by atoms with van der Waals surface area (Å²) < 4.78 is 0. The monoisotopic (exact) mass is 354 g/mol. The number of rotatable bonds is 8. The summed E-state index contributed by atoms with van der Waals surface area (Å²) in [5.41, 5.74) is 3.48. The minimum absolute atomic E-state index is 0.247. The van der Waals surface area contributed by atoms with E-state index < -0.39 is 0 Å². The zero-order valence-corrected chi connectivity index (χ0v) is 17.7. The summed E-state index contributed by atoms with van der Waals surface area (Å²) in [5.74, 6) is 0. The third-order valence-corrected chi connectivity index (χ3v) is 7.57. The van der Waals surface area contributed by atoms with Crippen molar-refractivity contribution < 1.29 is 0 Å². The van der Waals surface area contributed by atoms with Crippen LogP contribution in [0.1, 0.15) is 78.4 Å². The molecule has 0 heterocycles. The van der Waals surface area contributed by atoms with E-state index >= 15 is 0 Å². The van der Waals surface area contributed by atoms with Gasteiger partial charge in [-0.3, -0.25) is 0 Å². The van der Waals surface area contributed by atoms with Crippen LogP contribution in [0.15, 0.2) is 58.3 Å². The molecule has 0 unspecified atom stereocenters. The Morgan fingerprint density at radius 1 is 0.600 bits per heavy atom. The topological polar surface area (TPSA) is 0 Å². The Labute approximate surface area is 159 Å². The van der Waals surface area contributed by atoms with E-state index in [9.17, 15) is 0 Å². The fourth-order valence-electron chi connectivity index (χ4n) is 3.49. The number of hydrogen-bond donors (Lipinski definition) is 0. The average Bonchev–Trinajstić information content (AvgIpc) is 2.67. The van der Waals surface area contributed by atoms with Gasteiger partial charge in [-0.2, -0.15) is 0 Å². The SMILES string of the molecule is CCC(C)(CC)c1ccccc1Sc1ccccc1C(C)(CC)CC. The first-order valence-corrected chi connectivity index (χ1v) is 10.6. The molecule has 0 nitrogen and oxygen atoms in total. The molecule has 0 saturated heterocycles. The molecule has 0 aromatic heterocycles. The summed E-state index contributed by atoms with van der Waals surface area (Å²) >= 11 is 1.96. The van der Waals surface area contributed by atoms with Crippen LogP contribution in [-0.4, -0.2) is 0 Å². The van der Waals surface area contributed by atoms with Crippen molar-refractivity contribution in [1.29, 1.82) is 0 Å². The molecule has 0 fully saturated rings. The summed E-state index contributed by atoms with van der Waals surface area (Å²) in [7, 11) is 0. The summed E-state index contributed by atoms with van der Waals surface area (Å²) in [4.78, 5) is 2.83. The highest BCUT2D eigenvalue weighted by Crippen LogP contribution is 2.44. The second-order valence-electron chi connectivity index (χ2n) is 7.63. The molecule has 0 radical (unpaired) electrons. The zero-order valence-electron chi connectivity index (χ0n) is 16.9. The standard InChI is InChI=1S/C24H34S/c1-7-23(5,8-2)19-15-11-13-17-21(19)25-22-18-14-12-16-20(22)24(6,9-3)10-4/h11-18H,7-10H2,1-6H3. The Kier molecular flexibility index (Phi) is 6.79. The summed E-state index contributed by atoms with van der Waals surface area (Å²) in [6, 6.07) is 18.0. The molecule has 1 heteroatoms. The van der Waals surface area contributed by atoms with Crippen LogP contribution in [0.2, 0.25) is 0 Å². The van der Waals surface area contributed by atoms with E-state index in [2.05, 4.69) is 90.1 Å². The first-order chi connectivity index (χ1) is 11.9. The Morgan fingerprint density at radius 2 is 0.920 bits per heavy atom. The van der Waals surface area contributed by atoms with Gasteiger partial charge in [0, 0.05) is 9.79 Å². The molecule has 0 atom stereocenters. The second kappa shape index (κ2) is 8.45. The van der Waals surface area contributed by atoms with Crippen LogP contribution in [0.5, 0.6) is 0 Å². The van der Waals surface area contributed by atoms with E-state index in [0.717, 1.165) is 0 Å². The van der Waals surface area contributed by atoms with E-state index in [1.54, 1.807) is 0 Å². The molecule has 0 spiro atoms. The van der Waals surface area contributed by atoms with Crippen LogP contribution < -0.4 is 0 Å². The third-order valence-electron chi connectivity index (χ3n) is 6.42. The highest BCUT2D eigenvalue weighted by atomic mass is 32.2. The molecule has 0 aliphatic rings.